The SMILES string of the molecule is CC(C)CCCCCCCCCCCCCCCCC(=O)O[C@H](COC(=O)CCCCCCCCC(C)C)COP(=O)(O)OC[C@H](O)COP(=O)(O)OC[C@@H](COC(=O)CCCCCCCCCCC(C)C)OC(=O)CCCCCCCCC(C)C. The molecule has 0 saturated carbocycles. The molecule has 0 aromatic carbocycles. The third-order valence-electron chi connectivity index (χ3n) is 15.3. The summed E-state index contributed by atoms with van der Waals surface area (Å²) < 4.78 is 68.1. The van der Waals surface area contributed by atoms with Crippen molar-refractivity contribution in [3.63, 3.8) is 0 Å². The van der Waals surface area contributed by atoms with Crippen molar-refractivity contribution in [2.24, 2.45) is 23.7 Å². The monoisotopic (exact) mass is 1270 g/mol. The quantitative estimate of drug-likeness (QED) is 0.0222. The summed E-state index contributed by atoms with van der Waals surface area (Å²) in [6.45, 7) is 13.9. The maximum Gasteiger partial charge on any atom is 0.472 e. The molecule has 0 aromatic heterocycles. The molecular formula is C67H130O17P2. The average Bonchev–Trinajstić information content (AvgIpc) is 3.67. The first kappa shape index (κ1) is 84.1. The lowest BCUT2D eigenvalue weighted by Crippen LogP contribution is -2.30. The van der Waals surface area contributed by atoms with Gasteiger partial charge in [-0.25, -0.2) is 9.13 Å². The van der Waals surface area contributed by atoms with Crippen LogP contribution in [0.5, 0.6) is 0 Å². The van der Waals surface area contributed by atoms with Crippen LogP contribution in [0.2, 0.25) is 0 Å². The van der Waals surface area contributed by atoms with E-state index in [-0.39, 0.29) is 25.7 Å². The molecule has 0 aromatic rings. The molecule has 0 aliphatic rings. The van der Waals surface area contributed by atoms with E-state index >= 15 is 0 Å². The summed E-state index contributed by atoms with van der Waals surface area (Å²) in [5.41, 5.74) is 0. The van der Waals surface area contributed by atoms with Gasteiger partial charge in [0.15, 0.2) is 12.2 Å². The van der Waals surface area contributed by atoms with E-state index in [1.807, 2.05) is 0 Å². The second-order valence-corrected chi connectivity index (χ2v) is 29.0. The Balaban J connectivity index is 5.20. The highest BCUT2D eigenvalue weighted by molar-refractivity contribution is 7.47. The summed E-state index contributed by atoms with van der Waals surface area (Å²) in [7, 11) is -9.89. The number of aliphatic hydroxyl groups excluding tert-OH is 1. The average molecular weight is 1270 g/mol. The van der Waals surface area contributed by atoms with Crippen LogP contribution in [0.3, 0.4) is 0 Å². The molecule has 0 bridgehead atoms. The van der Waals surface area contributed by atoms with Crippen LogP contribution in [0.4, 0.5) is 0 Å². The number of ether oxygens (including phenoxy) is 4. The smallest absolute Gasteiger partial charge is 0.462 e. The van der Waals surface area contributed by atoms with Crippen LogP contribution in [0.15, 0.2) is 0 Å². The number of hydrogen-bond acceptors (Lipinski definition) is 15. The van der Waals surface area contributed by atoms with Gasteiger partial charge in [-0.15, -0.1) is 0 Å². The minimum atomic E-state index is -4.95. The molecule has 0 spiro atoms. The first-order chi connectivity index (χ1) is 41.1. The predicted octanol–water partition coefficient (Wildman–Crippen LogP) is 18.5. The van der Waals surface area contributed by atoms with Gasteiger partial charge >= 0.3 is 39.5 Å². The van der Waals surface area contributed by atoms with Gasteiger partial charge < -0.3 is 33.8 Å². The van der Waals surface area contributed by atoms with Crippen molar-refractivity contribution in [3.8, 4) is 0 Å². The second-order valence-electron chi connectivity index (χ2n) is 26.1. The molecule has 17 nitrogen and oxygen atoms in total. The molecule has 3 N–H and O–H groups in total. The predicted molar refractivity (Wildman–Crippen MR) is 344 cm³/mol. The van der Waals surface area contributed by atoms with Gasteiger partial charge in [0.25, 0.3) is 0 Å². The molecule has 0 aliphatic carbocycles. The summed E-state index contributed by atoms with van der Waals surface area (Å²) >= 11 is 0. The molecule has 0 heterocycles. The number of phosphoric acid groups is 2. The lowest BCUT2D eigenvalue weighted by atomic mass is 10.0. The van der Waals surface area contributed by atoms with Crippen LogP contribution < -0.4 is 0 Å². The standard InChI is InChI=1S/C67H130O17P2/c1-57(2)43-35-27-19-15-13-11-9-10-12-14-16-22-33-41-49-66(71)83-62(54-78-65(70)48-40-32-25-23-29-37-45-59(5)6)55-81-85(73,74)79-51-61(68)52-80-86(75,76)82-56-63(84-67(72)50-42-34-26-24-30-38-46-60(7)8)53-77-64(69)47-39-31-21-18-17-20-28-36-44-58(3)4/h57-63,68H,9-56H2,1-8H3,(H,73,74)(H,75,76)/t61-,62+,63+/m0/s1. The molecule has 0 fully saturated rings. The van der Waals surface area contributed by atoms with Crippen molar-refractivity contribution in [3.05, 3.63) is 0 Å². The number of aliphatic hydroxyl groups is 1. The Hall–Kier alpha value is -1.94. The molecule has 0 rings (SSSR count). The summed E-state index contributed by atoms with van der Waals surface area (Å²) in [4.78, 5) is 72.3. The highest BCUT2D eigenvalue weighted by atomic mass is 31.2. The Kier molecular flexibility index (Phi) is 55.7. The molecule has 0 aliphatic heterocycles. The fourth-order valence-electron chi connectivity index (χ4n) is 9.96. The van der Waals surface area contributed by atoms with Crippen molar-refractivity contribution < 1.29 is 80.2 Å². The largest absolute Gasteiger partial charge is 0.472 e. The van der Waals surface area contributed by atoms with Crippen molar-refractivity contribution in [2.75, 3.05) is 39.6 Å². The van der Waals surface area contributed by atoms with Crippen LogP contribution in [0, 0.1) is 23.7 Å². The van der Waals surface area contributed by atoms with E-state index in [0.717, 1.165) is 108 Å². The zero-order chi connectivity index (χ0) is 63.9. The zero-order valence-corrected chi connectivity index (χ0v) is 57.7. The first-order valence-corrected chi connectivity index (χ1v) is 37.7. The number of esters is 4. The van der Waals surface area contributed by atoms with Crippen molar-refractivity contribution >= 4 is 39.5 Å². The zero-order valence-electron chi connectivity index (χ0n) is 55.9. The van der Waals surface area contributed by atoms with Gasteiger partial charge in [0.05, 0.1) is 26.4 Å². The normalized spacial score (nSPS) is 14.4. The van der Waals surface area contributed by atoms with Crippen molar-refractivity contribution in [1.82, 2.24) is 0 Å². The molecule has 5 atom stereocenters. The molecule has 2 unspecified atom stereocenters. The van der Waals surface area contributed by atoms with Crippen LogP contribution >= 0.6 is 15.6 Å². The number of phosphoric ester groups is 2. The summed E-state index contributed by atoms with van der Waals surface area (Å²) in [5.74, 6) is 0.730. The Labute approximate surface area is 524 Å². The summed E-state index contributed by atoms with van der Waals surface area (Å²) in [6.07, 6.45) is 38.0. The van der Waals surface area contributed by atoms with Crippen molar-refractivity contribution in [1.29, 1.82) is 0 Å². The maximum absolute atomic E-state index is 13.0. The van der Waals surface area contributed by atoms with Gasteiger partial charge in [-0.05, 0) is 49.4 Å². The minimum Gasteiger partial charge on any atom is -0.462 e. The van der Waals surface area contributed by atoms with E-state index in [0.29, 0.717) is 37.5 Å². The fourth-order valence-corrected chi connectivity index (χ4v) is 11.5. The van der Waals surface area contributed by atoms with Crippen molar-refractivity contribution in [2.45, 2.75) is 343 Å². The molecule has 510 valence electrons. The van der Waals surface area contributed by atoms with Gasteiger partial charge in [0.1, 0.15) is 19.3 Å². The number of carbonyl (C=O) groups excluding carboxylic acids is 4. The third kappa shape index (κ3) is 60.9. The summed E-state index contributed by atoms with van der Waals surface area (Å²) in [6, 6.07) is 0. The summed E-state index contributed by atoms with van der Waals surface area (Å²) in [5, 5.41) is 10.5. The third-order valence-corrected chi connectivity index (χ3v) is 17.2. The second kappa shape index (κ2) is 57.0. The first-order valence-electron chi connectivity index (χ1n) is 34.7. The molecule has 19 heteroatoms. The number of carbonyl (C=O) groups is 4. The Morgan fingerprint density at radius 3 is 0.721 bits per heavy atom. The van der Waals surface area contributed by atoms with Crippen LogP contribution in [0.1, 0.15) is 325 Å². The van der Waals surface area contributed by atoms with Gasteiger partial charge in [-0.1, -0.05) is 274 Å². The van der Waals surface area contributed by atoms with Gasteiger partial charge in [-0.2, -0.15) is 0 Å². The topological polar surface area (TPSA) is 237 Å². The molecular weight excluding hydrogens is 1140 g/mol. The fraction of sp³-hybridized carbons (Fsp3) is 0.940. The van der Waals surface area contributed by atoms with E-state index in [9.17, 15) is 43.2 Å². The van der Waals surface area contributed by atoms with Gasteiger partial charge in [0, 0.05) is 25.7 Å². The minimum absolute atomic E-state index is 0.101. The van der Waals surface area contributed by atoms with E-state index in [2.05, 4.69) is 55.4 Å². The Bertz CT molecular complexity index is 1710. The van der Waals surface area contributed by atoms with E-state index < -0.39 is 97.5 Å². The van der Waals surface area contributed by atoms with E-state index in [1.54, 1.807) is 0 Å². The van der Waals surface area contributed by atoms with Gasteiger partial charge in [-0.3, -0.25) is 37.3 Å². The highest BCUT2D eigenvalue weighted by Gasteiger charge is 2.30. The molecule has 86 heavy (non-hydrogen) atoms. The Morgan fingerprint density at radius 2 is 0.488 bits per heavy atom. The molecule has 0 saturated heterocycles. The molecule has 0 amide bonds. The lowest BCUT2D eigenvalue weighted by Gasteiger charge is -2.21. The van der Waals surface area contributed by atoms with Gasteiger partial charge in [0.2, 0.25) is 0 Å². The van der Waals surface area contributed by atoms with E-state index in [4.69, 9.17) is 37.0 Å². The van der Waals surface area contributed by atoms with Crippen LogP contribution in [0.25, 0.3) is 0 Å². The van der Waals surface area contributed by atoms with Crippen LogP contribution in [-0.4, -0.2) is 96.7 Å². The van der Waals surface area contributed by atoms with Crippen LogP contribution in [-0.2, 0) is 65.4 Å². The Morgan fingerprint density at radius 1 is 0.291 bits per heavy atom. The lowest BCUT2D eigenvalue weighted by molar-refractivity contribution is -0.161. The number of rotatable bonds is 64. The number of hydrogen-bond donors (Lipinski definition) is 3. The maximum atomic E-state index is 13.0. The number of unbranched alkanes of at least 4 members (excludes halogenated alkanes) is 30. The van der Waals surface area contributed by atoms with E-state index in [1.165, 1.54) is 122 Å². The molecule has 0 radical (unpaired) electrons. The highest BCUT2D eigenvalue weighted by Crippen LogP contribution is 2.45.